The molecule has 1 aliphatic heterocycles. The highest BCUT2D eigenvalue weighted by molar-refractivity contribution is 5.85. The Kier molecular flexibility index (Phi) is 3.91. The third kappa shape index (κ3) is 2.21. The van der Waals surface area contributed by atoms with Crippen molar-refractivity contribution >= 4 is 18.1 Å². The molecular formula is C10H14ClNO3. The molecule has 0 spiro atoms. The van der Waals surface area contributed by atoms with Crippen molar-refractivity contribution in [1.82, 2.24) is 0 Å². The van der Waals surface area contributed by atoms with Gasteiger partial charge >= 0.3 is 0 Å². The Morgan fingerprint density at radius 1 is 1.20 bits per heavy atom. The Morgan fingerprint density at radius 3 is 2.53 bits per heavy atom. The summed E-state index contributed by atoms with van der Waals surface area (Å²) in [5.41, 5.74) is 0.953. The summed E-state index contributed by atoms with van der Waals surface area (Å²) in [4.78, 5) is 0. The molecule has 0 atom stereocenters. The second-order valence-corrected chi connectivity index (χ2v) is 2.98. The van der Waals surface area contributed by atoms with Gasteiger partial charge in [-0.3, -0.25) is 0 Å². The second kappa shape index (κ2) is 4.98. The molecular weight excluding hydrogens is 218 g/mol. The third-order valence-corrected chi connectivity index (χ3v) is 2.16. The van der Waals surface area contributed by atoms with Gasteiger partial charge in [-0.05, 0) is 0 Å². The molecule has 1 heterocycles. The second-order valence-electron chi connectivity index (χ2n) is 2.98. The Hall–Kier alpha value is -1.29. The molecule has 1 aliphatic rings. The van der Waals surface area contributed by atoms with Crippen molar-refractivity contribution < 1.29 is 14.2 Å². The normalized spacial score (nSPS) is 12.7. The predicted molar refractivity (Wildman–Crippen MR) is 60.8 cm³/mol. The van der Waals surface area contributed by atoms with Crippen molar-refractivity contribution in [2.45, 2.75) is 0 Å². The smallest absolute Gasteiger partial charge is 0.164 e. The molecule has 15 heavy (non-hydrogen) atoms. The molecule has 4 nitrogen and oxygen atoms in total. The summed E-state index contributed by atoms with van der Waals surface area (Å²) < 4.78 is 15.8. The van der Waals surface area contributed by atoms with Gasteiger partial charge in [0.1, 0.15) is 12.4 Å². The number of benzene rings is 1. The number of hydrogen-bond acceptors (Lipinski definition) is 4. The van der Waals surface area contributed by atoms with E-state index in [-0.39, 0.29) is 12.4 Å². The monoisotopic (exact) mass is 231 g/mol. The summed E-state index contributed by atoms with van der Waals surface area (Å²) in [5, 5.41) is 3.23. The minimum atomic E-state index is 0. The average Bonchev–Trinajstić information content (AvgIpc) is 2.27. The lowest BCUT2D eigenvalue weighted by Gasteiger charge is -2.20. The van der Waals surface area contributed by atoms with E-state index >= 15 is 0 Å². The van der Waals surface area contributed by atoms with E-state index in [1.54, 1.807) is 14.2 Å². The highest BCUT2D eigenvalue weighted by atomic mass is 35.5. The fourth-order valence-electron chi connectivity index (χ4n) is 1.46. The van der Waals surface area contributed by atoms with Crippen LogP contribution in [0.5, 0.6) is 17.2 Å². The summed E-state index contributed by atoms with van der Waals surface area (Å²) in [6, 6.07) is 3.72. The quantitative estimate of drug-likeness (QED) is 0.845. The van der Waals surface area contributed by atoms with Crippen LogP contribution < -0.4 is 19.5 Å². The van der Waals surface area contributed by atoms with Crippen LogP contribution in [-0.2, 0) is 0 Å². The van der Waals surface area contributed by atoms with Gasteiger partial charge < -0.3 is 19.5 Å². The van der Waals surface area contributed by atoms with Crippen LogP contribution in [0.3, 0.4) is 0 Å². The van der Waals surface area contributed by atoms with E-state index in [0.29, 0.717) is 18.1 Å². The molecule has 0 saturated carbocycles. The first kappa shape index (κ1) is 11.8. The van der Waals surface area contributed by atoms with E-state index in [2.05, 4.69) is 5.32 Å². The summed E-state index contributed by atoms with van der Waals surface area (Å²) in [5.74, 6) is 2.22. The van der Waals surface area contributed by atoms with Gasteiger partial charge in [0.15, 0.2) is 11.5 Å². The maximum Gasteiger partial charge on any atom is 0.164 e. The average molecular weight is 232 g/mol. The molecule has 0 fully saturated rings. The molecule has 0 unspecified atom stereocenters. The lowest BCUT2D eigenvalue weighted by molar-refractivity contribution is 0.314. The van der Waals surface area contributed by atoms with Gasteiger partial charge in [-0.15, -0.1) is 12.4 Å². The lowest BCUT2D eigenvalue weighted by Crippen LogP contribution is -2.18. The van der Waals surface area contributed by atoms with E-state index in [9.17, 15) is 0 Å². The van der Waals surface area contributed by atoms with Gasteiger partial charge in [0.2, 0.25) is 0 Å². The Labute approximate surface area is 94.9 Å². The third-order valence-electron chi connectivity index (χ3n) is 2.16. The minimum Gasteiger partial charge on any atom is -0.493 e. The number of rotatable bonds is 2. The summed E-state index contributed by atoms with van der Waals surface area (Å²) in [7, 11) is 3.23. The molecule has 0 amide bonds. The van der Waals surface area contributed by atoms with Crippen molar-refractivity contribution in [3.05, 3.63) is 12.1 Å². The Balaban J connectivity index is 0.00000112. The number of halogens is 1. The minimum absolute atomic E-state index is 0. The van der Waals surface area contributed by atoms with E-state index < -0.39 is 0 Å². The van der Waals surface area contributed by atoms with Crippen LogP contribution in [0.15, 0.2) is 12.1 Å². The van der Waals surface area contributed by atoms with Crippen LogP contribution in [0.1, 0.15) is 0 Å². The van der Waals surface area contributed by atoms with Crippen LogP contribution in [0, 0.1) is 0 Å². The van der Waals surface area contributed by atoms with E-state index in [0.717, 1.165) is 18.0 Å². The van der Waals surface area contributed by atoms with E-state index in [1.807, 2.05) is 12.1 Å². The van der Waals surface area contributed by atoms with Gasteiger partial charge in [0.05, 0.1) is 19.9 Å². The standard InChI is InChI=1S/C10H13NO3.ClH/c1-12-9-5-7-8(6-10(9)13-2)14-4-3-11-7;/h5-6,11H,3-4H2,1-2H3;1H. The summed E-state index contributed by atoms with van der Waals surface area (Å²) >= 11 is 0. The van der Waals surface area contributed by atoms with Crippen molar-refractivity contribution in [1.29, 1.82) is 0 Å². The maximum absolute atomic E-state index is 5.47. The zero-order chi connectivity index (χ0) is 9.97. The van der Waals surface area contributed by atoms with Crippen molar-refractivity contribution in [3.8, 4) is 17.2 Å². The van der Waals surface area contributed by atoms with Crippen molar-refractivity contribution in [3.63, 3.8) is 0 Å². The highest BCUT2D eigenvalue weighted by Gasteiger charge is 2.14. The zero-order valence-corrected chi connectivity index (χ0v) is 9.52. The molecule has 0 aliphatic carbocycles. The van der Waals surface area contributed by atoms with Crippen molar-refractivity contribution in [2.75, 3.05) is 32.7 Å². The van der Waals surface area contributed by atoms with Gasteiger partial charge in [0, 0.05) is 18.7 Å². The van der Waals surface area contributed by atoms with Gasteiger partial charge in [-0.1, -0.05) is 0 Å². The zero-order valence-electron chi connectivity index (χ0n) is 8.70. The maximum atomic E-state index is 5.47. The lowest BCUT2D eigenvalue weighted by atomic mass is 10.2. The van der Waals surface area contributed by atoms with Crippen LogP contribution in [0.25, 0.3) is 0 Å². The molecule has 84 valence electrons. The molecule has 0 aromatic heterocycles. The Bertz CT molecular complexity index is 299. The predicted octanol–water partition coefficient (Wildman–Crippen LogP) is 1.93. The molecule has 1 aromatic rings. The molecule has 0 radical (unpaired) electrons. The fraction of sp³-hybridized carbons (Fsp3) is 0.400. The molecule has 1 aromatic carbocycles. The molecule has 5 heteroatoms. The van der Waals surface area contributed by atoms with E-state index in [4.69, 9.17) is 14.2 Å². The first-order valence-electron chi connectivity index (χ1n) is 4.48. The first-order chi connectivity index (χ1) is 6.85. The summed E-state index contributed by atoms with van der Waals surface area (Å²) in [6.07, 6.45) is 0. The summed E-state index contributed by atoms with van der Waals surface area (Å²) in [6.45, 7) is 1.50. The fourth-order valence-corrected chi connectivity index (χ4v) is 1.46. The Morgan fingerprint density at radius 2 is 1.87 bits per heavy atom. The molecule has 2 rings (SSSR count). The van der Waals surface area contributed by atoms with Crippen LogP contribution in [0.2, 0.25) is 0 Å². The van der Waals surface area contributed by atoms with E-state index in [1.165, 1.54) is 0 Å². The first-order valence-corrected chi connectivity index (χ1v) is 4.48. The molecule has 0 bridgehead atoms. The molecule has 1 N–H and O–H groups in total. The largest absolute Gasteiger partial charge is 0.493 e. The van der Waals surface area contributed by atoms with Crippen molar-refractivity contribution in [2.24, 2.45) is 0 Å². The highest BCUT2D eigenvalue weighted by Crippen LogP contribution is 2.38. The van der Waals surface area contributed by atoms with Gasteiger partial charge in [-0.25, -0.2) is 0 Å². The number of methoxy groups -OCH3 is 2. The van der Waals surface area contributed by atoms with Gasteiger partial charge in [0.25, 0.3) is 0 Å². The topological polar surface area (TPSA) is 39.7 Å². The molecule has 0 saturated heterocycles. The SMILES string of the molecule is COc1cc2c(cc1OC)OCCN2.Cl. The number of fused-ring (bicyclic) bond motifs is 1. The van der Waals surface area contributed by atoms with Crippen LogP contribution in [0.4, 0.5) is 5.69 Å². The van der Waals surface area contributed by atoms with Crippen LogP contribution in [-0.4, -0.2) is 27.4 Å². The van der Waals surface area contributed by atoms with Gasteiger partial charge in [-0.2, -0.15) is 0 Å². The number of ether oxygens (including phenoxy) is 3. The van der Waals surface area contributed by atoms with Crippen LogP contribution >= 0.6 is 12.4 Å². The number of anilines is 1. The number of hydrogen-bond donors (Lipinski definition) is 1. The number of nitrogens with one attached hydrogen (secondary N) is 1.